The number of hydrogen-bond donors (Lipinski definition) is 1. The smallest absolute Gasteiger partial charge is 0.231 e. The van der Waals surface area contributed by atoms with Gasteiger partial charge in [0, 0.05) is 7.05 Å². The van der Waals surface area contributed by atoms with Crippen molar-refractivity contribution in [3.63, 3.8) is 0 Å². The summed E-state index contributed by atoms with van der Waals surface area (Å²) in [5.41, 5.74) is 7.66. The van der Waals surface area contributed by atoms with Crippen LogP contribution in [0.3, 0.4) is 0 Å². The Morgan fingerprint density at radius 1 is 1.21 bits per heavy atom. The molecular formula is C15H15FN2O. The van der Waals surface area contributed by atoms with E-state index in [0.29, 0.717) is 16.9 Å². The van der Waals surface area contributed by atoms with Crippen LogP contribution in [0.5, 0.6) is 0 Å². The van der Waals surface area contributed by atoms with Crippen LogP contribution in [0.15, 0.2) is 48.5 Å². The summed E-state index contributed by atoms with van der Waals surface area (Å²) in [4.78, 5) is 13.6. The molecule has 0 saturated heterocycles. The average Bonchev–Trinajstić information content (AvgIpc) is 2.38. The maximum Gasteiger partial charge on any atom is 0.231 e. The molecule has 0 fully saturated rings. The molecule has 0 aliphatic heterocycles. The highest BCUT2D eigenvalue weighted by atomic mass is 19.1. The maximum atomic E-state index is 13.1. The summed E-state index contributed by atoms with van der Waals surface area (Å²) in [5, 5.41) is 0. The van der Waals surface area contributed by atoms with Gasteiger partial charge in [-0.3, -0.25) is 4.79 Å². The molecule has 1 amide bonds. The van der Waals surface area contributed by atoms with Crippen molar-refractivity contribution < 1.29 is 9.18 Å². The number of rotatable bonds is 3. The number of para-hydroxylation sites is 2. The standard InChI is InChI=1S/C15H15FN2O/c1-18(14-8-3-2-7-13(14)17)15(19)10-11-5-4-6-12(16)9-11/h2-9H,10,17H2,1H3. The molecule has 0 aliphatic carbocycles. The Bertz CT molecular complexity index is 598. The maximum absolute atomic E-state index is 13.1. The van der Waals surface area contributed by atoms with E-state index in [4.69, 9.17) is 5.73 Å². The molecule has 98 valence electrons. The Labute approximate surface area is 111 Å². The lowest BCUT2D eigenvalue weighted by Gasteiger charge is -2.19. The first-order chi connectivity index (χ1) is 9.08. The first-order valence-electron chi connectivity index (χ1n) is 5.93. The van der Waals surface area contributed by atoms with E-state index in [-0.39, 0.29) is 18.1 Å². The van der Waals surface area contributed by atoms with Crippen molar-refractivity contribution in [3.8, 4) is 0 Å². The van der Waals surface area contributed by atoms with Crippen LogP contribution < -0.4 is 10.6 Å². The van der Waals surface area contributed by atoms with E-state index in [9.17, 15) is 9.18 Å². The average molecular weight is 258 g/mol. The van der Waals surface area contributed by atoms with Crippen LogP contribution in [0.25, 0.3) is 0 Å². The van der Waals surface area contributed by atoms with Crippen molar-refractivity contribution in [2.24, 2.45) is 0 Å². The molecule has 0 saturated carbocycles. The van der Waals surface area contributed by atoms with E-state index in [1.54, 1.807) is 31.3 Å². The van der Waals surface area contributed by atoms with Crippen molar-refractivity contribution in [2.45, 2.75) is 6.42 Å². The Morgan fingerprint density at radius 3 is 2.63 bits per heavy atom. The molecule has 2 aromatic rings. The van der Waals surface area contributed by atoms with Gasteiger partial charge in [0.1, 0.15) is 5.82 Å². The lowest BCUT2D eigenvalue weighted by atomic mass is 10.1. The van der Waals surface area contributed by atoms with Gasteiger partial charge in [-0.15, -0.1) is 0 Å². The molecule has 0 unspecified atom stereocenters. The normalized spacial score (nSPS) is 10.2. The molecule has 4 heteroatoms. The number of carbonyl (C=O) groups excluding carboxylic acids is 1. The third-order valence-electron chi connectivity index (χ3n) is 2.92. The second-order valence-electron chi connectivity index (χ2n) is 4.32. The van der Waals surface area contributed by atoms with Gasteiger partial charge in [-0.2, -0.15) is 0 Å². The van der Waals surface area contributed by atoms with Gasteiger partial charge in [-0.05, 0) is 29.8 Å². The van der Waals surface area contributed by atoms with E-state index in [1.807, 2.05) is 12.1 Å². The fourth-order valence-electron chi connectivity index (χ4n) is 1.87. The van der Waals surface area contributed by atoms with Crippen LogP contribution in [0.2, 0.25) is 0 Å². The molecular weight excluding hydrogens is 243 g/mol. The Hall–Kier alpha value is -2.36. The van der Waals surface area contributed by atoms with Crippen LogP contribution >= 0.6 is 0 Å². The van der Waals surface area contributed by atoms with Crippen molar-refractivity contribution in [1.82, 2.24) is 0 Å². The summed E-state index contributed by atoms with van der Waals surface area (Å²) in [5.74, 6) is -0.476. The third-order valence-corrected chi connectivity index (χ3v) is 2.92. The van der Waals surface area contributed by atoms with Gasteiger partial charge < -0.3 is 10.6 Å². The van der Waals surface area contributed by atoms with E-state index < -0.39 is 0 Å². The van der Waals surface area contributed by atoms with Crippen molar-refractivity contribution in [2.75, 3.05) is 17.7 Å². The summed E-state index contributed by atoms with van der Waals surface area (Å²) >= 11 is 0. The summed E-state index contributed by atoms with van der Waals surface area (Å²) in [6.07, 6.45) is 0.141. The summed E-state index contributed by atoms with van der Waals surface area (Å²) < 4.78 is 13.1. The minimum atomic E-state index is -0.341. The first kappa shape index (κ1) is 13.1. The summed E-state index contributed by atoms with van der Waals surface area (Å²) in [6, 6.07) is 13.2. The zero-order valence-electron chi connectivity index (χ0n) is 10.6. The number of halogens is 1. The highest BCUT2D eigenvalue weighted by molar-refractivity contribution is 5.96. The molecule has 2 aromatic carbocycles. The second-order valence-corrected chi connectivity index (χ2v) is 4.32. The Morgan fingerprint density at radius 2 is 1.95 bits per heavy atom. The number of carbonyl (C=O) groups is 1. The predicted molar refractivity (Wildman–Crippen MR) is 74.4 cm³/mol. The highest BCUT2D eigenvalue weighted by Gasteiger charge is 2.13. The Kier molecular flexibility index (Phi) is 3.80. The highest BCUT2D eigenvalue weighted by Crippen LogP contribution is 2.21. The largest absolute Gasteiger partial charge is 0.397 e. The lowest BCUT2D eigenvalue weighted by molar-refractivity contribution is -0.117. The number of amides is 1. The topological polar surface area (TPSA) is 46.3 Å². The minimum absolute atomic E-state index is 0.136. The molecule has 0 aromatic heterocycles. The van der Waals surface area contributed by atoms with Crippen LogP contribution in [-0.4, -0.2) is 13.0 Å². The fourth-order valence-corrected chi connectivity index (χ4v) is 1.87. The van der Waals surface area contributed by atoms with Crippen LogP contribution in [0, 0.1) is 5.82 Å². The molecule has 0 spiro atoms. The number of anilines is 2. The van der Waals surface area contributed by atoms with E-state index in [0.717, 1.165) is 0 Å². The fraction of sp³-hybridized carbons (Fsp3) is 0.133. The van der Waals surface area contributed by atoms with Crippen molar-refractivity contribution in [1.29, 1.82) is 0 Å². The van der Waals surface area contributed by atoms with Gasteiger partial charge >= 0.3 is 0 Å². The monoisotopic (exact) mass is 258 g/mol. The molecule has 0 radical (unpaired) electrons. The number of nitrogens with two attached hydrogens (primary N) is 1. The second kappa shape index (κ2) is 5.52. The van der Waals surface area contributed by atoms with Gasteiger partial charge in [0.25, 0.3) is 0 Å². The summed E-state index contributed by atoms with van der Waals surface area (Å²) in [7, 11) is 1.66. The van der Waals surface area contributed by atoms with E-state index in [1.165, 1.54) is 17.0 Å². The zero-order valence-corrected chi connectivity index (χ0v) is 10.6. The molecule has 3 nitrogen and oxygen atoms in total. The van der Waals surface area contributed by atoms with Crippen LogP contribution in [0.4, 0.5) is 15.8 Å². The van der Waals surface area contributed by atoms with Gasteiger partial charge in [0.05, 0.1) is 17.8 Å². The number of likely N-dealkylation sites (N-methyl/N-ethyl adjacent to an activating group) is 1. The van der Waals surface area contributed by atoms with Crippen LogP contribution in [-0.2, 0) is 11.2 Å². The molecule has 0 aliphatic rings. The molecule has 2 N–H and O–H groups in total. The van der Waals surface area contributed by atoms with Gasteiger partial charge in [-0.1, -0.05) is 24.3 Å². The third kappa shape index (κ3) is 3.10. The van der Waals surface area contributed by atoms with Crippen molar-refractivity contribution in [3.05, 3.63) is 59.9 Å². The molecule has 0 bridgehead atoms. The zero-order chi connectivity index (χ0) is 13.8. The van der Waals surface area contributed by atoms with Gasteiger partial charge in [0.15, 0.2) is 0 Å². The SMILES string of the molecule is CN(C(=O)Cc1cccc(F)c1)c1ccccc1N. The first-order valence-corrected chi connectivity index (χ1v) is 5.93. The number of benzene rings is 2. The van der Waals surface area contributed by atoms with E-state index in [2.05, 4.69) is 0 Å². The summed E-state index contributed by atoms with van der Waals surface area (Å²) in [6.45, 7) is 0. The molecule has 0 heterocycles. The molecule has 19 heavy (non-hydrogen) atoms. The number of hydrogen-bond acceptors (Lipinski definition) is 2. The van der Waals surface area contributed by atoms with Gasteiger partial charge in [0.2, 0.25) is 5.91 Å². The predicted octanol–water partition coefficient (Wildman–Crippen LogP) is 2.61. The number of nitrogen functional groups attached to an aromatic ring is 1. The van der Waals surface area contributed by atoms with Crippen molar-refractivity contribution >= 4 is 17.3 Å². The lowest BCUT2D eigenvalue weighted by Crippen LogP contribution is -2.28. The Balaban J connectivity index is 2.14. The quantitative estimate of drug-likeness (QED) is 0.860. The minimum Gasteiger partial charge on any atom is -0.397 e. The van der Waals surface area contributed by atoms with Crippen LogP contribution in [0.1, 0.15) is 5.56 Å². The van der Waals surface area contributed by atoms with Gasteiger partial charge in [-0.25, -0.2) is 4.39 Å². The molecule has 2 rings (SSSR count). The number of nitrogens with zero attached hydrogens (tertiary/aromatic N) is 1. The molecule has 0 atom stereocenters. The van der Waals surface area contributed by atoms with E-state index >= 15 is 0 Å².